The van der Waals surface area contributed by atoms with Crippen LogP contribution in [0, 0.1) is 6.92 Å². The summed E-state index contributed by atoms with van der Waals surface area (Å²) < 4.78 is 22.7. The van der Waals surface area contributed by atoms with Gasteiger partial charge in [0.1, 0.15) is 15.7 Å². The number of aryl methyl sites for hydroxylation is 1. The molecule has 0 spiro atoms. The molecule has 0 aliphatic heterocycles. The van der Waals surface area contributed by atoms with Crippen LogP contribution in [0.15, 0.2) is 16.7 Å². The van der Waals surface area contributed by atoms with Gasteiger partial charge in [-0.05, 0) is 34.5 Å². The summed E-state index contributed by atoms with van der Waals surface area (Å²) in [6.45, 7) is 2.30. The first-order chi connectivity index (χ1) is 6.88. The van der Waals surface area contributed by atoms with E-state index < -0.39 is 9.84 Å². The van der Waals surface area contributed by atoms with Gasteiger partial charge in [-0.1, -0.05) is 0 Å². The zero-order valence-corrected chi connectivity index (χ0v) is 11.0. The van der Waals surface area contributed by atoms with E-state index in [0.29, 0.717) is 6.54 Å². The van der Waals surface area contributed by atoms with Gasteiger partial charge in [-0.2, -0.15) is 0 Å². The predicted molar refractivity (Wildman–Crippen MR) is 64.9 cm³/mol. The quantitative estimate of drug-likeness (QED) is 0.916. The van der Waals surface area contributed by atoms with Crippen molar-refractivity contribution in [3.05, 3.63) is 22.3 Å². The van der Waals surface area contributed by atoms with Crippen LogP contribution in [0.25, 0.3) is 0 Å². The molecule has 0 saturated carbocycles. The minimum atomic E-state index is -2.91. The van der Waals surface area contributed by atoms with Gasteiger partial charge >= 0.3 is 0 Å². The van der Waals surface area contributed by atoms with E-state index >= 15 is 0 Å². The molecule has 84 valence electrons. The second kappa shape index (κ2) is 4.94. The first-order valence-corrected chi connectivity index (χ1v) is 7.27. The maximum atomic E-state index is 10.9. The van der Waals surface area contributed by atoms with Gasteiger partial charge in [-0.3, -0.25) is 0 Å². The molecule has 0 aliphatic carbocycles. The third-order valence-electron chi connectivity index (χ3n) is 1.81. The van der Waals surface area contributed by atoms with Crippen molar-refractivity contribution in [1.82, 2.24) is 4.98 Å². The van der Waals surface area contributed by atoms with Gasteiger partial charge < -0.3 is 5.32 Å². The largest absolute Gasteiger partial charge is 0.369 e. The number of anilines is 1. The van der Waals surface area contributed by atoms with E-state index in [9.17, 15) is 8.42 Å². The number of rotatable bonds is 4. The molecule has 1 aromatic rings. The molecule has 0 saturated heterocycles. The summed E-state index contributed by atoms with van der Waals surface area (Å²) in [6.07, 6.45) is 2.90. The third-order valence-corrected chi connectivity index (χ3v) is 3.19. The van der Waals surface area contributed by atoms with Crippen molar-refractivity contribution in [3.8, 4) is 0 Å². The van der Waals surface area contributed by atoms with Gasteiger partial charge in [-0.25, -0.2) is 13.4 Å². The Morgan fingerprint density at radius 2 is 2.20 bits per heavy atom. The zero-order chi connectivity index (χ0) is 11.5. The number of hydrogen-bond donors (Lipinski definition) is 1. The molecular formula is C9H13BrN2O2S. The highest BCUT2D eigenvalue weighted by atomic mass is 79.9. The Morgan fingerprint density at radius 3 is 2.73 bits per heavy atom. The molecule has 0 amide bonds. The number of pyridine rings is 1. The van der Waals surface area contributed by atoms with Crippen LogP contribution in [0.4, 0.5) is 5.82 Å². The zero-order valence-electron chi connectivity index (χ0n) is 8.62. The molecule has 0 radical (unpaired) electrons. The van der Waals surface area contributed by atoms with E-state index in [1.807, 2.05) is 13.0 Å². The summed E-state index contributed by atoms with van der Waals surface area (Å²) in [5, 5.41) is 2.99. The molecule has 0 aliphatic rings. The number of nitrogens with zero attached hydrogens (tertiary/aromatic N) is 1. The minimum absolute atomic E-state index is 0.115. The third kappa shape index (κ3) is 4.61. The number of sulfone groups is 1. The summed E-state index contributed by atoms with van der Waals surface area (Å²) in [4.78, 5) is 4.14. The monoisotopic (exact) mass is 292 g/mol. The molecule has 4 nitrogen and oxygen atoms in total. The summed E-state index contributed by atoms with van der Waals surface area (Å²) in [5.74, 6) is 0.839. The Kier molecular flexibility index (Phi) is 4.10. The Balaban J connectivity index is 2.59. The van der Waals surface area contributed by atoms with Crippen molar-refractivity contribution in [1.29, 1.82) is 0 Å². The predicted octanol–water partition coefficient (Wildman–Crippen LogP) is 1.61. The van der Waals surface area contributed by atoms with Crippen LogP contribution >= 0.6 is 15.9 Å². The first-order valence-electron chi connectivity index (χ1n) is 4.42. The van der Waals surface area contributed by atoms with Crippen molar-refractivity contribution in [2.75, 3.05) is 23.9 Å². The standard InChI is InChI=1S/C9H13BrN2O2S/c1-7-5-8(10)6-12-9(7)11-3-4-15(2,13)14/h5-6H,3-4H2,1-2H3,(H,11,12). The molecule has 0 fully saturated rings. The molecule has 0 atom stereocenters. The smallest absolute Gasteiger partial charge is 0.149 e. The SMILES string of the molecule is Cc1cc(Br)cnc1NCCS(C)(=O)=O. The van der Waals surface area contributed by atoms with Gasteiger partial charge in [0.15, 0.2) is 0 Å². The van der Waals surface area contributed by atoms with E-state index in [-0.39, 0.29) is 5.75 Å². The normalized spacial score (nSPS) is 11.4. The lowest BCUT2D eigenvalue weighted by Gasteiger charge is -2.07. The highest BCUT2D eigenvalue weighted by molar-refractivity contribution is 9.10. The first kappa shape index (κ1) is 12.4. The Bertz CT molecular complexity index is 445. The fraction of sp³-hybridized carbons (Fsp3) is 0.444. The van der Waals surface area contributed by atoms with E-state index in [1.54, 1.807) is 6.20 Å². The van der Waals surface area contributed by atoms with E-state index in [2.05, 4.69) is 26.2 Å². The average Bonchev–Trinajstić information content (AvgIpc) is 2.07. The summed E-state index contributed by atoms with van der Waals surface area (Å²) >= 11 is 3.31. The lowest BCUT2D eigenvalue weighted by atomic mass is 10.3. The lowest BCUT2D eigenvalue weighted by Crippen LogP contribution is -2.15. The van der Waals surface area contributed by atoms with Crippen molar-refractivity contribution in [2.45, 2.75) is 6.92 Å². The fourth-order valence-corrected chi connectivity index (χ4v) is 2.00. The van der Waals surface area contributed by atoms with Crippen molar-refractivity contribution < 1.29 is 8.42 Å². The fourth-order valence-electron chi connectivity index (χ4n) is 1.08. The van der Waals surface area contributed by atoms with Crippen molar-refractivity contribution >= 4 is 31.6 Å². The summed E-state index contributed by atoms with van der Waals surface area (Å²) in [7, 11) is -2.91. The van der Waals surface area contributed by atoms with E-state index in [0.717, 1.165) is 15.9 Å². The average molecular weight is 293 g/mol. The Morgan fingerprint density at radius 1 is 1.53 bits per heavy atom. The molecule has 1 heterocycles. The second-order valence-electron chi connectivity index (χ2n) is 3.38. The molecule has 1 N–H and O–H groups in total. The van der Waals surface area contributed by atoms with Crippen molar-refractivity contribution in [3.63, 3.8) is 0 Å². The maximum absolute atomic E-state index is 10.9. The highest BCUT2D eigenvalue weighted by Gasteiger charge is 2.03. The lowest BCUT2D eigenvalue weighted by molar-refractivity contribution is 0.602. The van der Waals surface area contributed by atoms with Gasteiger partial charge in [-0.15, -0.1) is 0 Å². The van der Waals surface area contributed by atoms with Crippen LogP contribution in [0.3, 0.4) is 0 Å². The van der Waals surface area contributed by atoms with Gasteiger partial charge in [0, 0.05) is 23.5 Å². The van der Waals surface area contributed by atoms with Crippen LogP contribution in [0.5, 0.6) is 0 Å². The van der Waals surface area contributed by atoms with Crippen LogP contribution in [0.1, 0.15) is 5.56 Å². The van der Waals surface area contributed by atoms with Crippen molar-refractivity contribution in [2.24, 2.45) is 0 Å². The molecule has 1 aromatic heterocycles. The number of halogens is 1. The number of aromatic nitrogens is 1. The Labute approximate surface area is 98.2 Å². The maximum Gasteiger partial charge on any atom is 0.149 e. The molecule has 6 heteroatoms. The van der Waals surface area contributed by atoms with Gasteiger partial charge in [0.05, 0.1) is 5.75 Å². The molecule has 0 bridgehead atoms. The molecule has 0 unspecified atom stereocenters. The highest BCUT2D eigenvalue weighted by Crippen LogP contribution is 2.16. The molecule has 1 rings (SSSR count). The molecule has 15 heavy (non-hydrogen) atoms. The minimum Gasteiger partial charge on any atom is -0.369 e. The molecule has 0 aromatic carbocycles. The Hall–Kier alpha value is -0.620. The molecular weight excluding hydrogens is 280 g/mol. The van der Waals surface area contributed by atoms with Gasteiger partial charge in [0.25, 0.3) is 0 Å². The van der Waals surface area contributed by atoms with Crippen LogP contribution in [-0.4, -0.2) is 32.0 Å². The topological polar surface area (TPSA) is 59.1 Å². The summed E-state index contributed by atoms with van der Waals surface area (Å²) in [6, 6.07) is 1.93. The van der Waals surface area contributed by atoms with Crippen LogP contribution in [0.2, 0.25) is 0 Å². The van der Waals surface area contributed by atoms with Gasteiger partial charge in [0.2, 0.25) is 0 Å². The second-order valence-corrected chi connectivity index (χ2v) is 6.55. The van der Waals surface area contributed by atoms with E-state index in [4.69, 9.17) is 0 Å². The number of nitrogens with one attached hydrogen (secondary N) is 1. The van der Waals surface area contributed by atoms with Crippen LogP contribution in [-0.2, 0) is 9.84 Å². The van der Waals surface area contributed by atoms with Crippen LogP contribution < -0.4 is 5.32 Å². The summed E-state index contributed by atoms with van der Waals surface area (Å²) in [5.41, 5.74) is 0.984. The number of hydrogen-bond acceptors (Lipinski definition) is 4. The van der Waals surface area contributed by atoms with E-state index in [1.165, 1.54) is 6.26 Å².